The largest absolute Gasteiger partial charge is 0.357 e. The third kappa shape index (κ3) is 2.52. The van der Waals surface area contributed by atoms with E-state index >= 15 is 0 Å². The van der Waals surface area contributed by atoms with E-state index in [4.69, 9.17) is 0 Å². The first-order valence-electron chi connectivity index (χ1n) is 9.57. The van der Waals surface area contributed by atoms with Gasteiger partial charge in [-0.25, -0.2) is 0 Å². The number of hydrogen-bond acceptors (Lipinski definition) is 1. The number of H-pyrrole nitrogens is 1. The molecular formula is C21H30N2. The fourth-order valence-corrected chi connectivity index (χ4v) is 4.96. The second kappa shape index (κ2) is 5.98. The normalized spacial score (nSPS) is 28.3. The number of fused-ring (bicyclic) bond motifs is 5. The molecule has 0 spiro atoms. The van der Waals surface area contributed by atoms with E-state index in [0.29, 0.717) is 0 Å². The summed E-state index contributed by atoms with van der Waals surface area (Å²) < 4.78 is 0. The van der Waals surface area contributed by atoms with Crippen molar-refractivity contribution in [1.29, 1.82) is 0 Å². The minimum Gasteiger partial charge on any atom is -0.357 e. The first-order chi connectivity index (χ1) is 11.2. The molecule has 0 radical (unpaired) electrons. The Morgan fingerprint density at radius 3 is 3.04 bits per heavy atom. The minimum atomic E-state index is 0.216. The van der Waals surface area contributed by atoms with Crippen molar-refractivity contribution in [2.45, 2.75) is 64.3 Å². The maximum atomic E-state index is 3.81. The molecule has 1 aromatic heterocycles. The summed E-state index contributed by atoms with van der Waals surface area (Å²) >= 11 is 0. The van der Waals surface area contributed by atoms with Crippen molar-refractivity contribution in [3.8, 4) is 0 Å². The molecule has 4 rings (SSSR count). The first kappa shape index (κ1) is 15.3. The van der Waals surface area contributed by atoms with Gasteiger partial charge in [-0.3, -0.25) is 4.90 Å². The zero-order valence-electron chi connectivity index (χ0n) is 14.7. The van der Waals surface area contributed by atoms with Crippen LogP contribution in [0.3, 0.4) is 0 Å². The van der Waals surface area contributed by atoms with Gasteiger partial charge in [0.2, 0.25) is 0 Å². The minimum absolute atomic E-state index is 0.216. The number of piperidine rings is 1. The molecule has 2 aliphatic heterocycles. The monoisotopic (exact) mass is 310 g/mol. The van der Waals surface area contributed by atoms with E-state index in [1.54, 1.807) is 5.56 Å². The lowest BCUT2D eigenvalue weighted by Crippen LogP contribution is -2.50. The molecule has 23 heavy (non-hydrogen) atoms. The Hall–Kier alpha value is -1.28. The number of para-hydroxylation sites is 1. The standard InChI is InChI=1S/C21H30N2/c1-3-4-8-16-12-13-21(2)20-18(10-7-14-23(21)15-16)17-9-5-6-11-19(17)22-20/h5-6,9,11,16,22H,3-4,7-8,10,12-15H2,1-2H3. The van der Waals surface area contributed by atoms with Crippen molar-refractivity contribution >= 4 is 10.9 Å². The third-order valence-electron chi connectivity index (χ3n) is 6.39. The Morgan fingerprint density at radius 1 is 1.30 bits per heavy atom. The fraction of sp³-hybridized carbons (Fsp3) is 0.619. The molecule has 1 N–H and O–H groups in total. The lowest BCUT2D eigenvalue weighted by atomic mass is 9.79. The Bertz CT molecular complexity index is 686. The van der Waals surface area contributed by atoms with E-state index in [2.05, 4.69) is 48.0 Å². The summed E-state index contributed by atoms with van der Waals surface area (Å²) in [5.41, 5.74) is 4.66. The van der Waals surface area contributed by atoms with Crippen LogP contribution in [0, 0.1) is 5.92 Å². The van der Waals surface area contributed by atoms with Crippen LogP contribution in [0.1, 0.15) is 63.6 Å². The van der Waals surface area contributed by atoms with Gasteiger partial charge in [0, 0.05) is 23.1 Å². The van der Waals surface area contributed by atoms with Gasteiger partial charge in [0.1, 0.15) is 0 Å². The second-order valence-corrected chi connectivity index (χ2v) is 7.89. The summed E-state index contributed by atoms with van der Waals surface area (Å²) in [6.45, 7) is 7.36. The van der Waals surface area contributed by atoms with Crippen LogP contribution in [0.15, 0.2) is 24.3 Å². The van der Waals surface area contributed by atoms with Crippen LogP contribution >= 0.6 is 0 Å². The number of benzene rings is 1. The molecular weight excluding hydrogens is 280 g/mol. The van der Waals surface area contributed by atoms with E-state index in [-0.39, 0.29) is 5.54 Å². The number of rotatable bonds is 3. The fourth-order valence-electron chi connectivity index (χ4n) is 4.96. The van der Waals surface area contributed by atoms with Gasteiger partial charge in [0.05, 0.1) is 5.54 Å². The zero-order valence-corrected chi connectivity index (χ0v) is 14.7. The topological polar surface area (TPSA) is 19.0 Å². The van der Waals surface area contributed by atoms with Crippen molar-refractivity contribution < 1.29 is 0 Å². The second-order valence-electron chi connectivity index (χ2n) is 7.89. The Morgan fingerprint density at radius 2 is 2.17 bits per heavy atom. The van der Waals surface area contributed by atoms with Crippen LogP contribution < -0.4 is 0 Å². The highest BCUT2D eigenvalue weighted by molar-refractivity contribution is 5.85. The summed E-state index contributed by atoms with van der Waals surface area (Å²) in [6, 6.07) is 8.88. The first-order valence-corrected chi connectivity index (χ1v) is 9.57. The molecule has 2 heteroatoms. The van der Waals surface area contributed by atoms with E-state index < -0.39 is 0 Å². The van der Waals surface area contributed by atoms with Gasteiger partial charge in [-0.2, -0.15) is 0 Å². The molecule has 3 heterocycles. The number of aryl methyl sites for hydroxylation is 1. The molecule has 2 aromatic rings. The van der Waals surface area contributed by atoms with Gasteiger partial charge in [-0.15, -0.1) is 0 Å². The predicted molar refractivity (Wildman–Crippen MR) is 97.8 cm³/mol. The SMILES string of the molecule is CCCCC1CCC2(C)c3[nH]c4ccccc4c3CCCN2C1. The van der Waals surface area contributed by atoms with Gasteiger partial charge in [-0.05, 0) is 63.1 Å². The van der Waals surface area contributed by atoms with Crippen LogP contribution in [-0.2, 0) is 12.0 Å². The van der Waals surface area contributed by atoms with Crippen molar-refractivity contribution in [1.82, 2.24) is 9.88 Å². The molecule has 2 nitrogen and oxygen atoms in total. The van der Waals surface area contributed by atoms with Crippen LogP contribution in [0.2, 0.25) is 0 Å². The van der Waals surface area contributed by atoms with Crippen LogP contribution in [0.5, 0.6) is 0 Å². The van der Waals surface area contributed by atoms with E-state index in [0.717, 1.165) is 5.92 Å². The summed E-state index contributed by atoms with van der Waals surface area (Å²) in [6.07, 6.45) is 9.37. The molecule has 0 amide bonds. The van der Waals surface area contributed by atoms with Gasteiger partial charge < -0.3 is 4.98 Å². The van der Waals surface area contributed by atoms with Crippen molar-refractivity contribution in [2.24, 2.45) is 5.92 Å². The molecule has 1 fully saturated rings. The van der Waals surface area contributed by atoms with Gasteiger partial charge in [-0.1, -0.05) is 38.0 Å². The lowest BCUT2D eigenvalue weighted by molar-refractivity contribution is 0.0264. The average Bonchev–Trinajstić information content (AvgIpc) is 2.88. The highest BCUT2D eigenvalue weighted by atomic mass is 15.2. The third-order valence-corrected chi connectivity index (χ3v) is 6.39. The van der Waals surface area contributed by atoms with E-state index in [1.165, 1.54) is 74.6 Å². The highest BCUT2D eigenvalue weighted by Gasteiger charge is 2.42. The quantitative estimate of drug-likeness (QED) is 0.822. The molecule has 0 saturated carbocycles. The van der Waals surface area contributed by atoms with Crippen molar-refractivity contribution in [3.05, 3.63) is 35.5 Å². The average molecular weight is 310 g/mol. The number of nitrogens with one attached hydrogen (secondary N) is 1. The van der Waals surface area contributed by atoms with Crippen LogP contribution in [0.25, 0.3) is 10.9 Å². The van der Waals surface area contributed by atoms with Crippen molar-refractivity contribution in [2.75, 3.05) is 13.1 Å². The molecule has 0 aliphatic carbocycles. The number of unbranched alkanes of at least 4 members (excludes halogenated alkanes) is 1. The highest BCUT2D eigenvalue weighted by Crippen LogP contribution is 2.44. The van der Waals surface area contributed by atoms with Crippen LogP contribution in [0.4, 0.5) is 0 Å². The zero-order chi connectivity index (χ0) is 15.9. The molecule has 1 aromatic carbocycles. The molecule has 2 unspecified atom stereocenters. The summed E-state index contributed by atoms with van der Waals surface area (Å²) in [4.78, 5) is 6.62. The number of aromatic amines is 1. The predicted octanol–water partition coefficient (Wildman–Crippen LogP) is 5.23. The Balaban J connectivity index is 1.70. The number of aromatic nitrogens is 1. The summed E-state index contributed by atoms with van der Waals surface area (Å²) in [5.74, 6) is 0.911. The molecule has 0 bridgehead atoms. The van der Waals surface area contributed by atoms with Crippen molar-refractivity contribution in [3.63, 3.8) is 0 Å². The van der Waals surface area contributed by atoms with E-state index in [9.17, 15) is 0 Å². The van der Waals surface area contributed by atoms with E-state index in [1.807, 2.05) is 0 Å². The van der Waals surface area contributed by atoms with Crippen LogP contribution in [-0.4, -0.2) is 23.0 Å². The molecule has 2 atom stereocenters. The maximum Gasteiger partial charge on any atom is 0.0586 e. The summed E-state index contributed by atoms with van der Waals surface area (Å²) in [7, 11) is 0. The molecule has 1 saturated heterocycles. The van der Waals surface area contributed by atoms with Gasteiger partial charge in [0.25, 0.3) is 0 Å². The Labute approximate surface area is 140 Å². The lowest BCUT2D eigenvalue weighted by Gasteiger charge is -2.47. The Kier molecular flexibility index (Phi) is 3.96. The molecule has 2 aliphatic rings. The molecule has 124 valence electrons. The number of nitrogens with zero attached hydrogens (tertiary/aromatic N) is 1. The van der Waals surface area contributed by atoms with Gasteiger partial charge in [0.15, 0.2) is 0 Å². The smallest absolute Gasteiger partial charge is 0.0586 e. The van der Waals surface area contributed by atoms with Gasteiger partial charge >= 0.3 is 0 Å². The number of hydrogen-bond donors (Lipinski definition) is 1. The maximum absolute atomic E-state index is 3.81. The summed E-state index contributed by atoms with van der Waals surface area (Å²) in [5, 5.41) is 1.46.